The third-order valence-corrected chi connectivity index (χ3v) is 4.09. The lowest BCUT2D eigenvalue weighted by atomic mass is 10.0. The van der Waals surface area contributed by atoms with Crippen molar-refractivity contribution < 1.29 is 14.4 Å². The molecule has 6 nitrogen and oxygen atoms in total. The van der Waals surface area contributed by atoms with Crippen LogP contribution in [0.2, 0.25) is 5.02 Å². The molecule has 2 rings (SSSR count). The number of anilines is 1. The molecule has 0 radical (unpaired) electrons. The first kappa shape index (κ1) is 21.0. The molecule has 144 valence electrons. The molecule has 28 heavy (non-hydrogen) atoms. The maximum absolute atomic E-state index is 12.6. The number of amides is 3. The van der Waals surface area contributed by atoms with Crippen molar-refractivity contribution in [3.8, 4) is 12.3 Å². The quantitative estimate of drug-likeness (QED) is 0.628. The van der Waals surface area contributed by atoms with Gasteiger partial charge in [-0.05, 0) is 29.8 Å². The first-order valence-corrected chi connectivity index (χ1v) is 8.91. The van der Waals surface area contributed by atoms with Crippen LogP contribution in [-0.2, 0) is 9.59 Å². The summed E-state index contributed by atoms with van der Waals surface area (Å²) in [6, 6.07) is 13.0. The van der Waals surface area contributed by atoms with Gasteiger partial charge in [0.2, 0.25) is 11.8 Å². The van der Waals surface area contributed by atoms with E-state index in [2.05, 4.69) is 21.9 Å². The summed E-state index contributed by atoms with van der Waals surface area (Å²) in [4.78, 5) is 36.3. The third-order valence-electron chi connectivity index (χ3n) is 3.84. The topological polar surface area (TPSA) is 87.3 Å². The summed E-state index contributed by atoms with van der Waals surface area (Å²) in [6.07, 6.45) is 5.14. The molecule has 2 aromatic rings. The zero-order valence-corrected chi connectivity index (χ0v) is 16.0. The van der Waals surface area contributed by atoms with Crippen molar-refractivity contribution in [2.24, 2.45) is 0 Å². The van der Waals surface area contributed by atoms with Gasteiger partial charge in [0.15, 0.2) is 0 Å². The van der Waals surface area contributed by atoms with Crippen LogP contribution in [0.25, 0.3) is 0 Å². The molecule has 0 aliphatic heterocycles. The number of carbonyl (C=O) groups is 3. The zero-order valence-electron chi connectivity index (χ0n) is 15.3. The predicted octanol–water partition coefficient (Wildman–Crippen LogP) is 2.91. The van der Waals surface area contributed by atoms with Crippen molar-refractivity contribution in [1.29, 1.82) is 0 Å². The monoisotopic (exact) mass is 397 g/mol. The summed E-state index contributed by atoms with van der Waals surface area (Å²) < 4.78 is 0. The molecule has 0 fully saturated rings. The maximum atomic E-state index is 12.6. The lowest BCUT2D eigenvalue weighted by Crippen LogP contribution is -2.30. The number of hydrogen-bond donors (Lipinski definition) is 3. The molecule has 0 saturated carbocycles. The highest BCUT2D eigenvalue weighted by Gasteiger charge is 2.19. The Labute approximate surface area is 168 Å². The number of para-hydroxylation sites is 1. The summed E-state index contributed by atoms with van der Waals surface area (Å²) in [6.45, 7) is 1.47. The minimum Gasteiger partial charge on any atom is -0.349 e. The van der Waals surface area contributed by atoms with Gasteiger partial charge >= 0.3 is 0 Å². The molecule has 7 heteroatoms. The van der Waals surface area contributed by atoms with Crippen LogP contribution in [0.5, 0.6) is 0 Å². The molecule has 0 bridgehead atoms. The van der Waals surface area contributed by atoms with Gasteiger partial charge in [-0.1, -0.05) is 41.8 Å². The number of hydrogen-bond acceptors (Lipinski definition) is 3. The van der Waals surface area contributed by atoms with Crippen LogP contribution in [0.15, 0.2) is 48.5 Å². The zero-order chi connectivity index (χ0) is 20.5. The van der Waals surface area contributed by atoms with E-state index in [0.717, 1.165) is 5.56 Å². The molecule has 0 saturated heterocycles. The molecule has 1 unspecified atom stereocenters. The van der Waals surface area contributed by atoms with E-state index in [1.54, 1.807) is 48.5 Å². The van der Waals surface area contributed by atoms with Gasteiger partial charge in [0.05, 0.1) is 30.3 Å². The van der Waals surface area contributed by atoms with E-state index in [-0.39, 0.29) is 30.7 Å². The molecule has 1 atom stereocenters. The summed E-state index contributed by atoms with van der Waals surface area (Å²) in [5, 5.41) is 8.60. The predicted molar refractivity (Wildman–Crippen MR) is 109 cm³/mol. The molecular formula is C21H20ClN3O3. The Balaban J connectivity index is 2.15. The van der Waals surface area contributed by atoms with Crippen molar-refractivity contribution >= 4 is 35.0 Å². The number of nitrogens with one attached hydrogen (secondary N) is 3. The van der Waals surface area contributed by atoms with E-state index in [1.165, 1.54) is 6.92 Å². The number of halogens is 1. The van der Waals surface area contributed by atoms with E-state index < -0.39 is 6.04 Å². The Hall–Kier alpha value is -3.30. The molecule has 0 spiro atoms. The Morgan fingerprint density at radius 3 is 2.43 bits per heavy atom. The molecule has 0 aliphatic carbocycles. The van der Waals surface area contributed by atoms with Crippen molar-refractivity contribution in [3.63, 3.8) is 0 Å². The van der Waals surface area contributed by atoms with Gasteiger partial charge in [-0.3, -0.25) is 14.4 Å². The molecule has 0 aliphatic rings. The smallest absolute Gasteiger partial charge is 0.254 e. The second-order valence-electron chi connectivity index (χ2n) is 5.99. The fourth-order valence-corrected chi connectivity index (χ4v) is 2.72. The van der Waals surface area contributed by atoms with E-state index >= 15 is 0 Å². The maximum Gasteiger partial charge on any atom is 0.254 e. The van der Waals surface area contributed by atoms with Crippen LogP contribution in [0, 0.1) is 12.3 Å². The Bertz CT molecular complexity index is 904. The number of benzene rings is 2. The minimum atomic E-state index is -0.530. The molecule has 3 amide bonds. The number of rotatable bonds is 7. The summed E-state index contributed by atoms with van der Waals surface area (Å²) >= 11 is 5.90. The highest BCUT2D eigenvalue weighted by atomic mass is 35.5. The van der Waals surface area contributed by atoms with Gasteiger partial charge in [0.25, 0.3) is 5.91 Å². The van der Waals surface area contributed by atoms with E-state index in [0.29, 0.717) is 16.3 Å². The molecule has 2 aromatic carbocycles. The third kappa shape index (κ3) is 6.15. The van der Waals surface area contributed by atoms with E-state index in [1.807, 2.05) is 0 Å². The van der Waals surface area contributed by atoms with Gasteiger partial charge in [-0.25, -0.2) is 0 Å². The molecular weight excluding hydrogens is 378 g/mol. The van der Waals surface area contributed by atoms with Crippen LogP contribution < -0.4 is 16.0 Å². The van der Waals surface area contributed by atoms with Crippen LogP contribution >= 0.6 is 11.6 Å². The van der Waals surface area contributed by atoms with Gasteiger partial charge in [0.1, 0.15) is 0 Å². The second-order valence-corrected chi connectivity index (χ2v) is 6.43. The Kier molecular flexibility index (Phi) is 7.61. The van der Waals surface area contributed by atoms with Gasteiger partial charge in [-0.15, -0.1) is 6.42 Å². The summed E-state index contributed by atoms with van der Waals surface area (Å²) in [7, 11) is 0. The normalized spacial score (nSPS) is 11.0. The van der Waals surface area contributed by atoms with Gasteiger partial charge in [-0.2, -0.15) is 0 Å². The van der Waals surface area contributed by atoms with Crippen molar-refractivity contribution in [2.45, 2.75) is 19.4 Å². The first-order chi connectivity index (χ1) is 13.4. The summed E-state index contributed by atoms with van der Waals surface area (Å²) in [5.74, 6) is 1.32. The lowest BCUT2D eigenvalue weighted by molar-refractivity contribution is -0.120. The van der Waals surface area contributed by atoms with Gasteiger partial charge in [0, 0.05) is 11.9 Å². The van der Waals surface area contributed by atoms with Crippen molar-refractivity contribution in [1.82, 2.24) is 10.6 Å². The highest BCUT2D eigenvalue weighted by Crippen LogP contribution is 2.21. The van der Waals surface area contributed by atoms with Crippen LogP contribution in [-0.4, -0.2) is 24.3 Å². The second kappa shape index (κ2) is 10.1. The van der Waals surface area contributed by atoms with E-state index in [4.69, 9.17) is 18.0 Å². The number of terminal acetylenes is 1. The highest BCUT2D eigenvalue weighted by molar-refractivity contribution is 6.30. The van der Waals surface area contributed by atoms with E-state index in [9.17, 15) is 14.4 Å². The number of carbonyl (C=O) groups excluding carboxylic acids is 3. The van der Waals surface area contributed by atoms with Gasteiger partial charge < -0.3 is 16.0 Å². The van der Waals surface area contributed by atoms with Crippen molar-refractivity contribution in [3.05, 3.63) is 64.7 Å². The standard InChI is InChI=1S/C21H20ClN3O3/c1-3-12-23-21(28)17-6-4-5-7-18(17)25-20(27)13-19(24-14(2)26)15-8-10-16(22)11-9-15/h1,4-11,19H,12-13H2,2H3,(H,23,28)(H,24,26)(H,25,27). The average molecular weight is 398 g/mol. The molecule has 0 heterocycles. The molecule has 0 aromatic heterocycles. The SMILES string of the molecule is C#CCNC(=O)c1ccccc1NC(=O)CC(NC(C)=O)c1ccc(Cl)cc1. The fraction of sp³-hybridized carbons (Fsp3) is 0.190. The van der Waals surface area contributed by atoms with Crippen LogP contribution in [0.3, 0.4) is 0 Å². The first-order valence-electron chi connectivity index (χ1n) is 8.54. The Morgan fingerprint density at radius 2 is 1.79 bits per heavy atom. The van der Waals surface area contributed by atoms with Crippen LogP contribution in [0.1, 0.15) is 35.3 Å². The summed E-state index contributed by atoms with van der Waals surface area (Å²) in [5.41, 5.74) is 1.41. The van der Waals surface area contributed by atoms with Crippen molar-refractivity contribution in [2.75, 3.05) is 11.9 Å². The minimum absolute atomic E-state index is 0.0124. The fourth-order valence-electron chi connectivity index (χ4n) is 2.60. The average Bonchev–Trinajstić information content (AvgIpc) is 2.66. The lowest BCUT2D eigenvalue weighted by Gasteiger charge is -2.19. The Morgan fingerprint density at radius 1 is 1.11 bits per heavy atom. The largest absolute Gasteiger partial charge is 0.349 e. The molecule has 3 N–H and O–H groups in total. The van der Waals surface area contributed by atoms with Crippen LogP contribution in [0.4, 0.5) is 5.69 Å².